The second kappa shape index (κ2) is 5.86. The smallest absolute Gasteiger partial charge is 0.228 e. The summed E-state index contributed by atoms with van der Waals surface area (Å²) in [6.45, 7) is 6.89. The van der Waals surface area contributed by atoms with Gasteiger partial charge in [-0.05, 0) is 42.0 Å². The summed E-state index contributed by atoms with van der Waals surface area (Å²) in [6, 6.07) is 5.36. The van der Waals surface area contributed by atoms with Crippen molar-refractivity contribution in [2.24, 2.45) is 5.41 Å². The van der Waals surface area contributed by atoms with Crippen LogP contribution in [0.4, 0.5) is 5.69 Å². The summed E-state index contributed by atoms with van der Waals surface area (Å²) in [7, 11) is 0. The Labute approximate surface area is 167 Å². The van der Waals surface area contributed by atoms with E-state index in [0.29, 0.717) is 23.1 Å². The number of rotatable bonds is 4. The van der Waals surface area contributed by atoms with Crippen molar-refractivity contribution in [3.8, 4) is 0 Å². The lowest BCUT2D eigenvalue weighted by atomic mass is 9.70. The molecule has 1 aromatic carbocycles. The topological polar surface area (TPSA) is 84.8 Å². The van der Waals surface area contributed by atoms with E-state index in [2.05, 4.69) is 36.3 Å². The SMILES string of the molecule is CC1(C)[C@H]2CC[C@]1(C)c1nc(SCC(=O)c3ccc4c(c3)CC(=O)N4)nnc12. The highest BCUT2D eigenvalue weighted by Gasteiger charge is 2.61. The van der Waals surface area contributed by atoms with Crippen molar-refractivity contribution >= 4 is 29.1 Å². The minimum Gasteiger partial charge on any atom is -0.326 e. The normalized spacial score (nSPS) is 26.1. The number of amides is 1. The number of ketones is 1. The molecular formula is C21H22N4O2S. The highest BCUT2D eigenvalue weighted by atomic mass is 32.2. The van der Waals surface area contributed by atoms with Gasteiger partial charge in [0.15, 0.2) is 5.78 Å². The first-order valence-electron chi connectivity index (χ1n) is 9.63. The third kappa shape index (κ3) is 2.38. The van der Waals surface area contributed by atoms with Gasteiger partial charge < -0.3 is 5.32 Å². The zero-order valence-corrected chi connectivity index (χ0v) is 17.0. The van der Waals surface area contributed by atoms with Crippen LogP contribution in [0.3, 0.4) is 0 Å². The van der Waals surface area contributed by atoms with E-state index in [9.17, 15) is 9.59 Å². The molecule has 1 amide bonds. The molecule has 2 aromatic rings. The van der Waals surface area contributed by atoms with Crippen molar-refractivity contribution in [3.63, 3.8) is 0 Å². The van der Waals surface area contributed by atoms with Crippen molar-refractivity contribution in [3.05, 3.63) is 40.7 Å². The molecule has 0 radical (unpaired) electrons. The molecule has 0 unspecified atom stereocenters. The highest BCUT2D eigenvalue weighted by molar-refractivity contribution is 7.99. The van der Waals surface area contributed by atoms with E-state index in [1.165, 1.54) is 11.8 Å². The average molecular weight is 395 g/mol. The van der Waals surface area contributed by atoms with Gasteiger partial charge in [0.25, 0.3) is 0 Å². The van der Waals surface area contributed by atoms with E-state index in [-0.39, 0.29) is 28.3 Å². The molecule has 2 bridgehead atoms. The minimum atomic E-state index is -0.0303. The first-order valence-corrected chi connectivity index (χ1v) is 10.6. The van der Waals surface area contributed by atoms with Gasteiger partial charge in [0.1, 0.15) is 0 Å². The Balaban J connectivity index is 1.33. The van der Waals surface area contributed by atoms with Gasteiger partial charge in [-0.1, -0.05) is 32.5 Å². The fourth-order valence-corrected chi connectivity index (χ4v) is 5.72. The Kier molecular flexibility index (Phi) is 3.72. The number of hydrogen-bond acceptors (Lipinski definition) is 6. The number of Topliss-reactive ketones (excluding diaryl/α,β-unsaturated/α-hetero) is 1. The van der Waals surface area contributed by atoms with E-state index in [4.69, 9.17) is 4.98 Å². The fourth-order valence-electron chi connectivity index (χ4n) is 5.04. The Morgan fingerprint density at radius 2 is 2.11 bits per heavy atom. The van der Waals surface area contributed by atoms with E-state index < -0.39 is 0 Å². The number of carbonyl (C=O) groups excluding carboxylic acids is 2. The average Bonchev–Trinajstić information content (AvgIpc) is 3.20. The van der Waals surface area contributed by atoms with Gasteiger partial charge in [0.2, 0.25) is 11.1 Å². The first-order chi connectivity index (χ1) is 13.3. The monoisotopic (exact) mass is 394 g/mol. The minimum absolute atomic E-state index is 0.00399. The molecular weight excluding hydrogens is 372 g/mol. The first kappa shape index (κ1) is 17.8. The molecule has 2 aliphatic carbocycles. The zero-order chi connectivity index (χ0) is 19.7. The molecule has 0 saturated heterocycles. The van der Waals surface area contributed by atoms with Gasteiger partial charge in [-0.3, -0.25) is 9.59 Å². The molecule has 2 heterocycles. The van der Waals surface area contributed by atoms with Crippen LogP contribution < -0.4 is 5.32 Å². The summed E-state index contributed by atoms with van der Waals surface area (Å²) in [5.41, 5.74) is 4.58. The molecule has 5 rings (SSSR count). The summed E-state index contributed by atoms with van der Waals surface area (Å²) in [5, 5.41) is 12.1. The lowest BCUT2D eigenvalue weighted by molar-refractivity contribution is -0.115. The zero-order valence-electron chi connectivity index (χ0n) is 16.2. The number of carbonyl (C=O) groups is 2. The predicted molar refractivity (Wildman–Crippen MR) is 107 cm³/mol. The van der Waals surface area contributed by atoms with E-state index in [1.807, 2.05) is 0 Å². The van der Waals surface area contributed by atoms with Crippen molar-refractivity contribution in [2.75, 3.05) is 11.1 Å². The summed E-state index contributed by atoms with van der Waals surface area (Å²) in [5.74, 6) is 0.655. The molecule has 7 heteroatoms. The Morgan fingerprint density at radius 1 is 1.29 bits per heavy atom. The second-order valence-electron chi connectivity index (χ2n) is 8.78. The number of nitrogens with one attached hydrogen (secondary N) is 1. The maximum atomic E-state index is 12.6. The van der Waals surface area contributed by atoms with Crippen LogP contribution in [-0.4, -0.2) is 32.6 Å². The molecule has 1 N–H and O–H groups in total. The molecule has 6 nitrogen and oxygen atoms in total. The third-order valence-corrected chi connectivity index (χ3v) is 7.99. The molecule has 1 aliphatic heterocycles. The summed E-state index contributed by atoms with van der Waals surface area (Å²) in [4.78, 5) is 28.9. The Hall–Kier alpha value is -2.28. The summed E-state index contributed by atoms with van der Waals surface area (Å²) >= 11 is 1.33. The molecule has 1 saturated carbocycles. The predicted octanol–water partition coefficient (Wildman–Crippen LogP) is 3.52. The summed E-state index contributed by atoms with van der Waals surface area (Å²) in [6.07, 6.45) is 2.60. The molecule has 1 aromatic heterocycles. The van der Waals surface area contributed by atoms with Crippen molar-refractivity contribution in [1.29, 1.82) is 0 Å². The Bertz CT molecular complexity index is 1040. The van der Waals surface area contributed by atoms with Crippen LogP contribution in [-0.2, 0) is 16.6 Å². The van der Waals surface area contributed by atoms with Crippen LogP contribution in [0.25, 0.3) is 0 Å². The van der Waals surface area contributed by atoms with Crippen LogP contribution in [0.15, 0.2) is 23.4 Å². The molecule has 2 atom stereocenters. The van der Waals surface area contributed by atoms with Crippen LogP contribution in [0.2, 0.25) is 0 Å². The van der Waals surface area contributed by atoms with Crippen LogP contribution in [0.1, 0.15) is 66.8 Å². The quantitative estimate of drug-likeness (QED) is 0.631. The Morgan fingerprint density at radius 3 is 2.93 bits per heavy atom. The number of aromatic nitrogens is 3. The molecule has 28 heavy (non-hydrogen) atoms. The second-order valence-corrected chi connectivity index (χ2v) is 9.72. The van der Waals surface area contributed by atoms with Crippen LogP contribution in [0, 0.1) is 5.41 Å². The van der Waals surface area contributed by atoms with Crippen LogP contribution in [0.5, 0.6) is 0 Å². The van der Waals surface area contributed by atoms with Crippen molar-refractivity contribution in [2.45, 2.75) is 56.5 Å². The molecule has 144 valence electrons. The van der Waals surface area contributed by atoms with Gasteiger partial charge in [-0.2, -0.15) is 5.10 Å². The number of anilines is 1. The molecule has 3 aliphatic rings. The maximum Gasteiger partial charge on any atom is 0.228 e. The number of nitrogens with zero attached hydrogens (tertiary/aromatic N) is 3. The van der Waals surface area contributed by atoms with Crippen molar-refractivity contribution < 1.29 is 9.59 Å². The number of thioether (sulfide) groups is 1. The maximum absolute atomic E-state index is 12.6. The third-order valence-electron chi connectivity index (χ3n) is 7.16. The molecule has 1 fully saturated rings. The van der Waals surface area contributed by atoms with Gasteiger partial charge in [0, 0.05) is 22.6 Å². The fraction of sp³-hybridized carbons (Fsp3) is 0.476. The standard InChI is InChI=1S/C21H22N4O2S/c1-20(2)13-6-7-21(20,3)18-17(13)24-25-19(23-18)28-10-15(26)11-4-5-14-12(8-11)9-16(27)22-14/h4-5,8,13H,6-7,9-10H2,1-3H3,(H,22,27)/t13-,21+/m0/s1. The van der Waals surface area contributed by atoms with Crippen molar-refractivity contribution in [1.82, 2.24) is 15.2 Å². The van der Waals surface area contributed by atoms with Gasteiger partial charge in [-0.25, -0.2) is 4.98 Å². The lowest BCUT2D eigenvalue weighted by Crippen LogP contribution is -2.32. The number of benzene rings is 1. The largest absolute Gasteiger partial charge is 0.326 e. The number of hydrogen-bond donors (Lipinski definition) is 1. The van der Waals surface area contributed by atoms with E-state index in [1.54, 1.807) is 18.2 Å². The van der Waals surface area contributed by atoms with E-state index in [0.717, 1.165) is 35.5 Å². The van der Waals surface area contributed by atoms with E-state index >= 15 is 0 Å². The van der Waals surface area contributed by atoms with Gasteiger partial charge in [-0.15, -0.1) is 5.10 Å². The number of fused-ring (bicyclic) bond motifs is 6. The van der Waals surface area contributed by atoms with Gasteiger partial charge >= 0.3 is 0 Å². The van der Waals surface area contributed by atoms with Gasteiger partial charge in [0.05, 0.1) is 23.6 Å². The summed E-state index contributed by atoms with van der Waals surface area (Å²) < 4.78 is 0. The highest BCUT2D eigenvalue weighted by Crippen LogP contribution is 2.66. The lowest BCUT2D eigenvalue weighted by Gasteiger charge is -2.33. The van der Waals surface area contributed by atoms with Crippen LogP contribution >= 0.6 is 11.8 Å². The molecule has 0 spiro atoms.